The van der Waals surface area contributed by atoms with Crippen molar-refractivity contribution in [2.24, 2.45) is 0 Å². The number of hydrogen-bond donors (Lipinski definition) is 1. The number of nitrogens with zero attached hydrogens (tertiary/aromatic N) is 1. The van der Waals surface area contributed by atoms with Gasteiger partial charge >= 0.3 is 0 Å². The zero-order chi connectivity index (χ0) is 11.5. The van der Waals surface area contributed by atoms with E-state index in [9.17, 15) is 4.39 Å². The van der Waals surface area contributed by atoms with Gasteiger partial charge in [-0.05, 0) is 38.0 Å². The lowest BCUT2D eigenvalue weighted by Gasteiger charge is -2.23. The molecular weight excluding hydrogens is 203 g/mol. The summed E-state index contributed by atoms with van der Waals surface area (Å²) in [5, 5.41) is 3.41. The van der Waals surface area contributed by atoms with E-state index in [2.05, 4.69) is 17.1 Å². The van der Waals surface area contributed by atoms with Crippen molar-refractivity contribution < 1.29 is 4.39 Å². The van der Waals surface area contributed by atoms with Gasteiger partial charge in [0.15, 0.2) is 0 Å². The maximum absolute atomic E-state index is 13.7. The molecule has 1 heterocycles. The van der Waals surface area contributed by atoms with E-state index in [0.29, 0.717) is 6.04 Å². The second-order valence-electron chi connectivity index (χ2n) is 4.59. The number of benzene rings is 1. The van der Waals surface area contributed by atoms with E-state index < -0.39 is 0 Å². The summed E-state index contributed by atoms with van der Waals surface area (Å²) in [5.74, 6) is -0.111. The first-order valence-electron chi connectivity index (χ1n) is 5.91. The van der Waals surface area contributed by atoms with Crippen LogP contribution in [0.1, 0.15) is 18.9 Å². The molecule has 88 valence electrons. The second kappa shape index (κ2) is 4.83. The van der Waals surface area contributed by atoms with E-state index in [1.165, 1.54) is 0 Å². The van der Waals surface area contributed by atoms with Gasteiger partial charge in [-0.25, -0.2) is 4.39 Å². The molecule has 1 N–H and O–H groups in total. The number of halogens is 1. The van der Waals surface area contributed by atoms with E-state index in [1.807, 2.05) is 19.1 Å². The molecule has 16 heavy (non-hydrogen) atoms. The Balaban J connectivity index is 2.19. The molecule has 0 radical (unpaired) electrons. The average Bonchev–Trinajstić information content (AvgIpc) is 2.47. The molecule has 1 unspecified atom stereocenters. The third-order valence-corrected chi connectivity index (χ3v) is 3.15. The molecular formula is C13H19FN2. The van der Waals surface area contributed by atoms with Crippen LogP contribution in [0.15, 0.2) is 18.2 Å². The molecule has 0 aromatic heterocycles. The van der Waals surface area contributed by atoms with Gasteiger partial charge in [0.2, 0.25) is 0 Å². The molecule has 1 aromatic carbocycles. The lowest BCUT2D eigenvalue weighted by Crippen LogP contribution is -2.29. The summed E-state index contributed by atoms with van der Waals surface area (Å²) in [6, 6.07) is 5.84. The highest BCUT2D eigenvalue weighted by Gasteiger charge is 2.16. The third kappa shape index (κ3) is 2.53. The Hall–Kier alpha value is -1.09. The van der Waals surface area contributed by atoms with Crippen molar-refractivity contribution in [1.29, 1.82) is 0 Å². The lowest BCUT2D eigenvalue weighted by molar-refractivity contribution is 0.566. The fraction of sp³-hybridized carbons (Fsp3) is 0.538. The third-order valence-electron chi connectivity index (χ3n) is 3.15. The highest BCUT2D eigenvalue weighted by molar-refractivity contribution is 5.50. The first-order valence-corrected chi connectivity index (χ1v) is 5.91. The Morgan fingerprint density at radius 2 is 2.19 bits per heavy atom. The number of anilines is 1. The molecule has 1 aromatic rings. The molecule has 3 heteroatoms. The van der Waals surface area contributed by atoms with Crippen LogP contribution in [0.4, 0.5) is 10.1 Å². The molecule has 2 nitrogen and oxygen atoms in total. The van der Waals surface area contributed by atoms with E-state index in [1.54, 1.807) is 6.07 Å². The van der Waals surface area contributed by atoms with Gasteiger partial charge in [-0.2, -0.15) is 0 Å². The maximum Gasteiger partial charge on any atom is 0.146 e. The first-order chi connectivity index (χ1) is 7.66. The highest BCUT2D eigenvalue weighted by atomic mass is 19.1. The standard InChI is InChI=1S/C13H19FN2/c1-10-3-4-12(14)13(9-10)16-7-5-11(2)15-6-8-16/h3-4,9,11,15H,5-8H2,1-2H3. The summed E-state index contributed by atoms with van der Waals surface area (Å²) in [6.07, 6.45) is 1.06. The Kier molecular flexibility index (Phi) is 3.44. The highest BCUT2D eigenvalue weighted by Crippen LogP contribution is 2.21. The summed E-state index contributed by atoms with van der Waals surface area (Å²) in [6.45, 7) is 6.91. The molecule has 2 rings (SSSR count). The number of aryl methyl sites for hydroxylation is 1. The van der Waals surface area contributed by atoms with Crippen molar-refractivity contribution in [2.45, 2.75) is 26.3 Å². The molecule has 0 spiro atoms. The molecule has 1 atom stereocenters. The monoisotopic (exact) mass is 222 g/mol. The molecule has 0 aliphatic carbocycles. The lowest BCUT2D eigenvalue weighted by atomic mass is 10.2. The van der Waals surface area contributed by atoms with Gasteiger partial charge in [0.1, 0.15) is 5.82 Å². The van der Waals surface area contributed by atoms with Gasteiger partial charge in [0.05, 0.1) is 5.69 Å². The largest absolute Gasteiger partial charge is 0.368 e. The Bertz CT molecular complexity index is 365. The van der Waals surface area contributed by atoms with E-state index in [-0.39, 0.29) is 5.82 Å². The van der Waals surface area contributed by atoms with Crippen LogP contribution in [0.2, 0.25) is 0 Å². The Morgan fingerprint density at radius 1 is 1.38 bits per heavy atom. The summed E-state index contributed by atoms with van der Waals surface area (Å²) >= 11 is 0. The molecule has 1 saturated heterocycles. The molecule has 1 aliphatic rings. The van der Waals surface area contributed by atoms with Crippen LogP contribution in [-0.2, 0) is 0 Å². The van der Waals surface area contributed by atoms with Crippen molar-refractivity contribution in [3.63, 3.8) is 0 Å². The van der Waals surface area contributed by atoms with Crippen molar-refractivity contribution in [3.8, 4) is 0 Å². The molecule has 0 amide bonds. The maximum atomic E-state index is 13.7. The van der Waals surface area contributed by atoms with Crippen LogP contribution in [0, 0.1) is 12.7 Å². The van der Waals surface area contributed by atoms with Gasteiger partial charge < -0.3 is 10.2 Å². The van der Waals surface area contributed by atoms with Crippen LogP contribution in [-0.4, -0.2) is 25.7 Å². The van der Waals surface area contributed by atoms with Crippen LogP contribution in [0.5, 0.6) is 0 Å². The molecule has 0 saturated carbocycles. The van der Waals surface area contributed by atoms with E-state index in [0.717, 1.165) is 37.3 Å². The molecule has 0 bridgehead atoms. The van der Waals surface area contributed by atoms with Gasteiger partial charge in [0, 0.05) is 25.7 Å². The normalized spacial score (nSPS) is 21.9. The summed E-state index contributed by atoms with van der Waals surface area (Å²) in [7, 11) is 0. The minimum absolute atomic E-state index is 0.111. The van der Waals surface area contributed by atoms with Crippen LogP contribution in [0.3, 0.4) is 0 Å². The van der Waals surface area contributed by atoms with Crippen LogP contribution >= 0.6 is 0 Å². The van der Waals surface area contributed by atoms with E-state index >= 15 is 0 Å². The quantitative estimate of drug-likeness (QED) is 0.784. The fourth-order valence-electron chi connectivity index (χ4n) is 2.12. The van der Waals surface area contributed by atoms with Gasteiger partial charge in [0.25, 0.3) is 0 Å². The van der Waals surface area contributed by atoms with Crippen molar-refractivity contribution in [1.82, 2.24) is 5.32 Å². The van der Waals surface area contributed by atoms with Gasteiger partial charge in [-0.15, -0.1) is 0 Å². The molecule has 1 aliphatic heterocycles. The summed E-state index contributed by atoms with van der Waals surface area (Å²) < 4.78 is 13.7. The van der Waals surface area contributed by atoms with E-state index in [4.69, 9.17) is 0 Å². The van der Waals surface area contributed by atoms with Crippen molar-refractivity contribution in [3.05, 3.63) is 29.6 Å². The average molecular weight is 222 g/mol. The molecule has 1 fully saturated rings. The van der Waals surface area contributed by atoms with Crippen LogP contribution in [0.25, 0.3) is 0 Å². The number of nitrogens with one attached hydrogen (secondary N) is 1. The topological polar surface area (TPSA) is 15.3 Å². The Morgan fingerprint density at radius 3 is 3.00 bits per heavy atom. The van der Waals surface area contributed by atoms with Crippen LogP contribution < -0.4 is 10.2 Å². The van der Waals surface area contributed by atoms with Crippen molar-refractivity contribution in [2.75, 3.05) is 24.5 Å². The smallest absolute Gasteiger partial charge is 0.146 e. The predicted molar refractivity (Wildman–Crippen MR) is 65.4 cm³/mol. The van der Waals surface area contributed by atoms with Crippen molar-refractivity contribution >= 4 is 5.69 Å². The summed E-state index contributed by atoms with van der Waals surface area (Å²) in [5.41, 5.74) is 1.86. The number of hydrogen-bond acceptors (Lipinski definition) is 2. The SMILES string of the molecule is Cc1ccc(F)c(N2CCNC(C)CC2)c1. The fourth-order valence-corrected chi connectivity index (χ4v) is 2.12. The zero-order valence-corrected chi connectivity index (χ0v) is 9.96. The first kappa shape index (κ1) is 11.4. The van der Waals surface area contributed by atoms with Gasteiger partial charge in [-0.1, -0.05) is 6.07 Å². The minimum atomic E-state index is -0.111. The zero-order valence-electron chi connectivity index (χ0n) is 9.96. The minimum Gasteiger partial charge on any atom is -0.368 e. The second-order valence-corrected chi connectivity index (χ2v) is 4.59. The Labute approximate surface area is 96.5 Å². The number of rotatable bonds is 1. The van der Waals surface area contributed by atoms with Gasteiger partial charge in [-0.3, -0.25) is 0 Å². The summed E-state index contributed by atoms with van der Waals surface area (Å²) in [4.78, 5) is 2.14. The predicted octanol–water partition coefficient (Wildman–Crippen LogP) is 2.32.